The molecule has 2 atom stereocenters. The van der Waals surface area contributed by atoms with E-state index in [1.54, 1.807) is 0 Å². The lowest BCUT2D eigenvalue weighted by Gasteiger charge is -2.20. The Hall–Kier alpha value is -0.830. The van der Waals surface area contributed by atoms with Gasteiger partial charge in [-0.25, -0.2) is 0 Å². The molecule has 110 valence electrons. The molecule has 2 N–H and O–H groups in total. The summed E-state index contributed by atoms with van der Waals surface area (Å²) in [6, 6.07) is 2.33. The fourth-order valence-electron chi connectivity index (χ4n) is 2.67. The second-order valence-corrected chi connectivity index (χ2v) is 5.49. The van der Waals surface area contributed by atoms with Crippen LogP contribution in [-0.2, 0) is 13.0 Å². The van der Waals surface area contributed by atoms with Gasteiger partial charge in [-0.2, -0.15) is 5.10 Å². The molecule has 0 aliphatic heterocycles. The van der Waals surface area contributed by atoms with E-state index in [0.717, 1.165) is 31.0 Å². The van der Waals surface area contributed by atoms with Gasteiger partial charge in [-0.05, 0) is 31.7 Å². The highest BCUT2D eigenvalue weighted by molar-refractivity contribution is 5.14. The molecule has 0 amide bonds. The summed E-state index contributed by atoms with van der Waals surface area (Å²) >= 11 is 0. The van der Waals surface area contributed by atoms with Gasteiger partial charge in [-0.15, -0.1) is 0 Å². The van der Waals surface area contributed by atoms with Gasteiger partial charge in [0.15, 0.2) is 0 Å². The number of hydrogen-bond donors (Lipinski definition) is 1. The first-order chi connectivity index (χ1) is 9.15. The van der Waals surface area contributed by atoms with Crippen molar-refractivity contribution in [3.05, 3.63) is 17.5 Å². The van der Waals surface area contributed by atoms with Gasteiger partial charge < -0.3 is 5.73 Å². The van der Waals surface area contributed by atoms with Crippen LogP contribution in [0.3, 0.4) is 0 Å². The number of aromatic nitrogens is 2. The van der Waals surface area contributed by atoms with E-state index in [1.165, 1.54) is 31.4 Å². The van der Waals surface area contributed by atoms with E-state index in [-0.39, 0.29) is 6.04 Å². The van der Waals surface area contributed by atoms with Crippen molar-refractivity contribution in [1.29, 1.82) is 0 Å². The first-order valence-corrected chi connectivity index (χ1v) is 7.98. The summed E-state index contributed by atoms with van der Waals surface area (Å²) in [6.07, 6.45) is 7.21. The fraction of sp³-hybridized carbons (Fsp3) is 0.812. The first kappa shape index (κ1) is 16.2. The van der Waals surface area contributed by atoms with Gasteiger partial charge in [0.2, 0.25) is 0 Å². The Balaban J connectivity index is 2.69. The molecule has 19 heavy (non-hydrogen) atoms. The first-order valence-electron chi connectivity index (χ1n) is 7.98. The van der Waals surface area contributed by atoms with E-state index in [9.17, 15) is 0 Å². The van der Waals surface area contributed by atoms with Crippen molar-refractivity contribution in [1.82, 2.24) is 9.78 Å². The Kier molecular flexibility index (Phi) is 7.14. The Morgan fingerprint density at radius 2 is 2.00 bits per heavy atom. The zero-order valence-electron chi connectivity index (χ0n) is 13.2. The molecule has 3 heteroatoms. The maximum Gasteiger partial charge on any atom is 0.0625 e. The molecule has 0 radical (unpaired) electrons. The number of aryl methyl sites for hydroxylation is 2. The lowest BCUT2D eigenvalue weighted by Crippen LogP contribution is -2.19. The third-order valence-corrected chi connectivity index (χ3v) is 4.03. The quantitative estimate of drug-likeness (QED) is 0.731. The average Bonchev–Trinajstić information content (AvgIpc) is 2.86. The summed E-state index contributed by atoms with van der Waals surface area (Å²) in [5.74, 6) is 0.750. The van der Waals surface area contributed by atoms with Gasteiger partial charge in [0.05, 0.1) is 11.4 Å². The maximum atomic E-state index is 6.43. The second-order valence-electron chi connectivity index (χ2n) is 5.49. The van der Waals surface area contributed by atoms with Gasteiger partial charge >= 0.3 is 0 Å². The van der Waals surface area contributed by atoms with E-state index >= 15 is 0 Å². The molecule has 1 aromatic heterocycles. The van der Waals surface area contributed by atoms with Crippen LogP contribution < -0.4 is 5.73 Å². The molecule has 1 rings (SSSR count). The molecule has 0 saturated carbocycles. The zero-order valence-corrected chi connectivity index (χ0v) is 13.2. The molecule has 1 heterocycles. The molecule has 2 unspecified atom stereocenters. The van der Waals surface area contributed by atoms with Crippen molar-refractivity contribution in [2.75, 3.05) is 0 Å². The van der Waals surface area contributed by atoms with Crippen LogP contribution in [0.25, 0.3) is 0 Å². The van der Waals surface area contributed by atoms with Crippen LogP contribution in [0, 0.1) is 5.92 Å². The summed E-state index contributed by atoms with van der Waals surface area (Å²) in [5.41, 5.74) is 8.80. The smallest absolute Gasteiger partial charge is 0.0625 e. The molecule has 0 fully saturated rings. The van der Waals surface area contributed by atoms with Crippen LogP contribution in [0.4, 0.5) is 0 Å². The molecule has 0 aliphatic rings. The lowest BCUT2D eigenvalue weighted by molar-refractivity contribution is 0.378. The van der Waals surface area contributed by atoms with Gasteiger partial charge in [0.25, 0.3) is 0 Å². The minimum absolute atomic E-state index is 0.134. The molecule has 3 nitrogen and oxygen atoms in total. The predicted octanol–water partition coefficient (Wildman–Crippen LogP) is 4.07. The van der Waals surface area contributed by atoms with Crippen LogP contribution in [0.2, 0.25) is 0 Å². The number of hydrogen-bond acceptors (Lipinski definition) is 2. The van der Waals surface area contributed by atoms with Crippen LogP contribution in [-0.4, -0.2) is 9.78 Å². The summed E-state index contributed by atoms with van der Waals surface area (Å²) in [7, 11) is 0. The number of rotatable bonds is 9. The van der Waals surface area contributed by atoms with E-state index in [0.29, 0.717) is 0 Å². The highest BCUT2D eigenvalue weighted by Gasteiger charge is 2.17. The van der Waals surface area contributed by atoms with E-state index < -0.39 is 0 Å². The van der Waals surface area contributed by atoms with Gasteiger partial charge in [-0.3, -0.25) is 4.68 Å². The number of nitrogens with two attached hydrogens (primary N) is 1. The number of nitrogens with zero attached hydrogens (tertiary/aromatic N) is 2. The van der Waals surface area contributed by atoms with Crippen LogP contribution in [0.5, 0.6) is 0 Å². The Bertz CT molecular complexity index is 357. The minimum atomic E-state index is 0.134. The second kappa shape index (κ2) is 8.36. The molecule has 0 spiro atoms. The lowest BCUT2D eigenvalue weighted by atomic mass is 9.91. The highest BCUT2D eigenvalue weighted by atomic mass is 15.3. The largest absolute Gasteiger partial charge is 0.323 e. The zero-order chi connectivity index (χ0) is 14.3. The monoisotopic (exact) mass is 265 g/mol. The SMILES string of the molecule is CCCCC(CC)CC(N)c1cc(CC)nn1CC. The molecule has 0 aliphatic carbocycles. The van der Waals surface area contributed by atoms with Crippen molar-refractivity contribution in [3.8, 4) is 0 Å². The van der Waals surface area contributed by atoms with Gasteiger partial charge in [0.1, 0.15) is 0 Å². The van der Waals surface area contributed by atoms with Crippen LogP contribution in [0.15, 0.2) is 6.07 Å². The van der Waals surface area contributed by atoms with Crippen LogP contribution in [0.1, 0.15) is 77.2 Å². The van der Waals surface area contributed by atoms with E-state index in [2.05, 4.69) is 43.5 Å². The highest BCUT2D eigenvalue weighted by Crippen LogP contribution is 2.25. The van der Waals surface area contributed by atoms with Gasteiger partial charge in [-0.1, -0.05) is 46.5 Å². The third-order valence-electron chi connectivity index (χ3n) is 4.03. The fourth-order valence-corrected chi connectivity index (χ4v) is 2.67. The average molecular weight is 265 g/mol. The Labute approximate surface area is 118 Å². The summed E-state index contributed by atoms with van der Waals surface area (Å²) in [6.45, 7) is 9.73. The molecular formula is C16H31N3. The topological polar surface area (TPSA) is 43.8 Å². The van der Waals surface area contributed by atoms with Crippen LogP contribution >= 0.6 is 0 Å². The minimum Gasteiger partial charge on any atom is -0.323 e. The Morgan fingerprint density at radius 3 is 2.53 bits per heavy atom. The van der Waals surface area contributed by atoms with Crippen molar-refractivity contribution >= 4 is 0 Å². The molecule has 0 aromatic carbocycles. The predicted molar refractivity (Wildman–Crippen MR) is 82.1 cm³/mol. The van der Waals surface area contributed by atoms with Crippen molar-refractivity contribution < 1.29 is 0 Å². The number of unbranched alkanes of at least 4 members (excludes halogenated alkanes) is 1. The van der Waals surface area contributed by atoms with Crippen molar-refractivity contribution in [2.45, 2.75) is 78.8 Å². The Morgan fingerprint density at radius 1 is 1.26 bits per heavy atom. The normalized spacial score (nSPS) is 14.6. The maximum absolute atomic E-state index is 6.43. The van der Waals surface area contributed by atoms with Crippen molar-refractivity contribution in [3.63, 3.8) is 0 Å². The summed E-state index contributed by atoms with van der Waals surface area (Å²) in [5, 5.41) is 4.60. The van der Waals surface area contributed by atoms with E-state index in [1.807, 2.05) is 0 Å². The van der Waals surface area contributed by atoms with Crippen molar-refractivity contribution in [2.24, 2.45) is 11.7 Å². The molecule has 0 bridgehead atoms. The molecule has 0 saturated heterocycles. The standard InChI is InChI=1S/C16H31N3/c1-5-9-10-13(6-2)11-15(17)16-12-14(7-3)18-19(16)8-4/h12-13,15H,5-11,17H2,1-4H3. The summed E-state index contributed by atoms with van der Waals surface area (Å²) in [4.78, 5) is 0. The molecular weight excluding hydrogens is 234 g/mol. The third kappa shape index (κ3) is 4.64. The van der Waals surface area contributed by atoms with Gasteiger partial charge in [0, 0.05) is 12.6 Å². The summed E-state index contributed by atoms with van der Waals surface area (Å²) < 4.78 is 2.08. The van der Waals surface area contributed by atoms with E-state index in [4.69, 9.17) is 5.73 Å². The molecule has 1 aromatic rings.